The molecule has 3 aliphatic rings. The van der Waals surface area contributed by atoms with Crippen LogP contribution in [0.5, 0.6) is 5.75 Å². The fraction of sp³-hybridized carbons (Fsp3) is 0.375. The summed E-state index contributed by atoms with van der Waals surface area (Å²) >= 11 is 7.24. The summed E-state index contributed by atoms with van der Waals surface area (Å²) in [6.45, 7) is -0.0958. The third kappa shape index (κ3) is 3.84. The van der Waals surface area contributed by atoms with Gasteiger partial charge in [-0.05, 0) is 61.5 Å². The van der Waals surface area contributed by atoms with E-state index in [1.807, 2.05) is 6.07 Å². The molecule has 1 aliphatic carbocycles. The Labute approximate surface area is 209 Å². The molecule has 35 heavy (non-hydrogen) atoms. The Kier molecular flexibility index (Phi) is 5.94. The van der Waals surface area contributed by atoms with Gasteiger partial charge in [-0.15, -0.1) is 11.8 Å². The van der Waals surface area contributed by atoms with Gasteiger partial charge in [0.2, 0.25) is 0 Å². The Morgan fingerprint density at radius 1 is 1.20 bits per heavy atom. The third-order valence-corrected chi connectivity index (χ3v) is 8.17. The predicted molar refractivity (Wildman–Crippen MR) is 129 cm³/mol. The number of alkyl halides is 3. The van der Waals surface area contributed by atoms with Crippen LogP contribution in [0.15, 0.2) is 41.3 Å². The van der Waals surface area contributed by atoms with Gasteiger partial charge in [-0.1, -0.05) is 12.8 Å². The molecule has 1 spiro atoms. The largest absolute Gasteiger partial charge is 0.486 e. The van der Waals surface area contributed by atoms with Crippen LogP contribution < -0.4 is 14.5 Å². The number of thioether (sulfide) groups is 1. The second-order valence-electron chi connectivity index (χ2n) is 8.70. The van der Waals surface area contributed by atoms with Crippen LogP contribution in [0.4, 0.5) is 24.5 Å². The van der Waals surface area contributed by atoms with Gasteiger partial charge in [0, 0.05) is 11.4 Å². The van der Waals surface area contributed by atoms with Gasteiger partial charge in [-0.25, -0.2) is 0 Å². The number of aliphatic hydroxyl groups is 1. The summed E-state index contributed by atoms with van der Waals surface area (Å²) in [7, 11) is 0. The second-order valence-corrected chi connectivity index (χ2v) is 10.1. The molecular weight excluding hydrogens is 499 g/mol. The maximum Gasteiger partial charge on any atom is 0.417 e. The molecule has 1 saturated carbocycles. The van der Waals surface area contributed by atoms with E-state index in [0.717, 1.165) is 29.9 Å². The molecule has 5 rings (SSSR count). The van der Waals surface area contributed by atoms with E-state index in [4.69, 9.17) is 22.2 Å². The number of nitriles is 1. The van der Waals surface area contributed by atoms with Crippen LogP contribution in [0, 0.1) is 11.3 Å². The van der Waals surface area contributed by atoms with Gasteiger partial charge >= 0.3 is 6.18 Å². The molecule has 2 aliphatic heterocycles. The number of thiocarbonyl (C=S) groups is 1. The molecule has 0 aromatic heterocycles. The molecule has 2 heterocycles. The van der Waals surface area contributed by atoms with Crippen molar-refractivity contribution in [1.82, 2.24) is 0 Å². The van der Waals surface area contributed by atoms with Crippen molar-refractivity contribution in [3.05, 3.63) is 47.5 Å². The number of ether oxygens (including phenoxy) is 1. The van der Waals surface area contributed by atoms with Crippen LogP contribution in [0.2, 0.25) is 0 Å². The maximum absolute atomic E-state index is 13.8. The number of aliphatic hydroxyl groups excluding tert-OH is 1. The van der Waals surface area contributed by atoms with Crippen LogP contribution in [0.1, 0.15) is 36.8 Å². The number of carbonyl (C=O) groups excluding carboxylic acids is 1. The highest BCUT2D eigenvalue weighted by molar-refractivity contribution is 7.99. The second kappa shape index (κ2) is 8.69. The van der Waals surface area contributed by atoms with E-state index in [1.165, 1.54) is 22.7 Å². The summed E-state index contributed by atoms with van der Waals surface area (Å²) in [5.74, 6) is 0.832. The van der Waals surface area contributed by atoms with Gasteiger partial charge in [-0.3, -0.25) is 9.69 Å². The smallest absolute Gasteiger partial charge is 0.417 e. The van der Waals surface area contributed by atoms with Gasteiger partial charge in [-0.2, -0.15) is 18.4 Å². The molecule has 0 bridgehead atoms. The number of rotatable bonds is 3. The maximum atomic E-state index is 13.8. The molecule has 182 valence electrons. The van der Waals surface area contributed by atoms with Crippen molar-refractivity contribution in [3.63, 3.8) is 0 Å². The van der Waals surface area contributed by atoms with E-state index in [9.17, 15) is 23.1 Å². The highest BCUT2D eigenvalue weighted by atomic mass is 32.2. The normalized spacial score (nSPS) is 21.3. The standard InChI is InChI=1S/C24H20F3N3O3S2/c25-24(26,27)18-9-15(4-3-14(18)11-28)29-21(32)23(7-1-2-8-23)30(22(29)34)16-5-6-19-20(10-16)35-13-17(12-31)33-19/h3-6,9-10,17,31H,1-2,7-8,12-13H2/t17-/m0/s1. The highest BCUT2D eigenvalue weighted by Crippen LogP contribution is 2.48. The third-order valence-electron chi connectivity index (χ3n) is 6.64. The van der Waals surface area contributed by atoms with Crippen LogP contribution in [0.3, 0.4) is 0 Å². The van der Waals surface area contributed by atoms with Gasteiger partial charge in [0.15, 0.2) is 5.11 Å². The fourth-order valence-electron chi connectivity index (χ4n) is 4.99. The van der Waals surface area contributed by atoms with Crippen LogP contribution in [-0.2, 0) is 11.0 Å². The quantitative estimate of drug-likeness (QED) is 0.580. The van der Waals surface area contributed by atoms with Crippen LogP contribution in [-0.4, -0.2) is 40.1 Å². The minimum atomic E-state index is -4.75. The SMILES string of the molecule is N#Cc1ccc(N2C(=O)C3(CCCC3)N(c3ccc4c(c3)SC[C@H](CO)O4)C2=S)cc1C(F)(F)F. The number of benzene rings is 2. The lowest BCUT2D eigenvalue weighted by Gasteiger charge is -2.33. The summed E-state index contributed by atoms with van der Waals surface area (Å²) in [5, 5.41) is 18.6. The predicted octanol–water partition coefficient (Wildman–Crippen LogP) is 4.87. The molecule has 1 saturated heterocycles. The van der Waals surface area contributed by atoms with Gasteiger partial charge in [0.25, 0.3) is 5.91 Å². The lowest BCUT2D eigenvalue weighted by atomic mass is 9.94. The molecule has 2 fully saturated rings. The van der Waals surface area contributed by atoms with Crippen molar-refractivity contribution in [2.75, 3.05) is 22.2 Å². The molecule has 0 radical (unpaired) electrons. The average molecular weight is 520 g/mol. The van der Waals surface area contributed by atoms with E-state index in [1.54, 1.807) is 23.1 Å². The van der Waals surface area contributed by atoms with Crippen LogP contribution >= 0.6 is 24.0 Å². The molecule has 2 aromatic carbocycles. The first-order chi connectivity index (χ1) is 16.7. The topological polar surface area (TPSA) is 76.8 Å². The molecule has 6 nitrogen and oxygen atoms in total. The summed E-state index contributed by atoms with van der Waals surface area (Å²) in [5.41, 5.74) is -1.95. The number of fused-ring (bicyclic) bond motifs is 1. The monoisotopic (exact) mass is 519 g/mol. The average Bonchev–Trinajstić information content (AvgIpc) is 3.41. The van der Waals surface area contributed by atoms with Crippen molar-refractivity contribution < 1.29 is 27.8 Å². The Morgan fingerprint density at radius 2 is 1.91 bits per heavy atom. The summed E-state index contributed by atoms with van der Waals surface area (Å²) in [6, 6.07) is 10.2. The summed E-state index contributed by atoms with van der Waals surface area (Å²) in [6.07, 6.45) is -2.42. The number of hydrogen-bond acceptors (Lipinski definition) is 6. The summed E-state index contributed by atoms with van der Waals surface area (Å²) < 4.78 is 46.6. The first-order valence-electron chi connectivity index (χ1n) is 11.0. The Balaban J connectivity index is 1.58. The molecule has 11 heteroatoms. The fourth-order valence-corrected chi connectivity index (χ4v) is 6.46. The minimum absolute atomic E-state index is 0.0124. The zero-order valence-electron chi connectivity index (χ0n) is 18.3. The zero-order valence-corrected chi connectivity index (χ0v) is 20.0. The Morgan fingerprint density at radius 3 is 2.57 bits per heavy atom. The van der Waals surface area contributed by atoms with Crippen molar-refractivity contribution in [2.45, 2.75) is 48.4 Å². The first kappa shape index (κ1) is 23.9. The minimum Gasteiger partial charge on any atom is -0.486 e. The number of amides is 1. The zero-order chi connectivity index (χ0) is 25.0. The molecule has 1 N–H and O–H groups in total. The van der Waals surface area contributed by atoms with Crippen molar-refractivity contribution in [2.24, 2.45) is 0 Å². The van der Waals surface area contributed by atoms with Crippen molar-refractivity contribution >= 4 is 46.4 Å². The van der Waals surface area contributed by atoms with E-state index in [0.29, 0.717) is 30.0 Å². The van der Waals surface area contributed by atoms with Gasteiger partial charge in [0.05, 0.1) is 34.4 Å². The number of anilines is 2. The summed E-state index contributed by atoms with van der Waals surface area (Å²) in [4.78, 5) is 17.6. The van der Waals surface area contributed by atoms with Gasteiger partial charge in [0.1, 0.15) is 17.4 Å². The Bertz CT molecular complexity index is 1250. The van der Waals surface area contributed by atoms with Crippen molar-refractivity contribution in [3.8, 4) is 11.8 Å². The lowest BCUT2D eigenvalue weighted by molar-refractivity contribution is -0.137. The number of halogens is 3. The van der Waals surface area contributed by atoms with Crippen LogP contribution in [0.25, 0.3) is 0 Å². The van der Waals surface area contributed by atoms with E-state index >= 15 is 0 Å². The number of hydrogen-bond donors (Lipinski definition) is 1. The van der Waals surface area contributed by atoms with Crippen molar-refractivity contribution in [1.29, 1.82) is 5.26 Å². The van der Waals surface area contributed by atoms with E-state index < -0.39 is 22.8 Å². The number of nitrogens with zero attached hydrogens (tertiary/aromatic N) is 3. The van der Waals surface area contributed by atoms with E-state index in [2.05, 4.69) is 0 Å². The first-order valence-corrected chi connectivity index (χ1v) is 12.4. The lowest BCUT2D eigenvalue weighted by Crippen LogP contribution is -2.47. The molecule has 1 amide bonds. The highest BCUT2D eigenvalue weighted by Gasteiger charge is 2.57. The molecular formula is C24H20F3N3O3S2. The number of carbonyl (C=O) groups is 1. The molecule has 0 unspecified atom stereocenters. The molecule has 1 atom stereocenters. The molecule has 2 aromatic rings. The van der Waals surface area contributed by atoms with E-state index in [-0.39, 0.29) is 29.4 Å². The van der Waals surface area contributed by atoms with Gasteiger partial charge < -0.3 is 14.7 Å². The Hall–Kier alpha value is -2.81.